The van der Waals surface area contributed by atoms with Gasteiger partial charge in [0.2, 0.25) is 0 Å². The van der Waals surface area contributed by atoms with Crippen molar-refractivity contribution in [2.45, 2.75) is 36.5 Å². The molecule has 2 aliphatic rings. The van der Waals surface area contributed by atoms with Gasteiger partial charge in [-0.3, -0.25) is 9.59 Å². The van der Waals surface area contributed by atoms with Crippen LogP contribution >= 0.6 is 0 Å². The van der Waals surface area contributed by atoms with Gasteiger partial charge in [0.25, 0.3) is 0 Å². The van der Waals surface area contributed by atoms with Gasteiger partial charge in [-0.1, -0.05) is 12.1 Å². The summed E-state index contributed by atoms with van der Waals surface area (Å²) in [4.78, 5) is 22.3. The van der Waals surface area contributed by atoms with Crippen LogP contribution in [-0.2, 0) is 20.4 Å². The fourth-order valence-electron chi connectivity index (χ4n) is 4.03. The Morgan fingerprint density at radius 3 is 1.40 bits per heavy atom. The van der Waals surface area contributed by atoms with E-state index in [1.165, 1.54) is 0 Å². The fraction of sp³-hybridized carbons (Fsp3) is 0.250. The normalized spacial score (nSPS) is 17.9. The number of furan rings is 2. The van der Waals surface area contributed by atoms with Gasteiger partial charge >= 0.3 is 11.9 Å². The van der Waals surface area contributed by atoms with Crippen molar-refractivity contribution in [1.82, 2.24) is 0 Å². The molecule has 2 heterocycles. The van der Waals surface area contributed by atoms with Crippen LogP contribution in [0.4, 0.5) is 0 Å². The average molecular weight is 404 g/mol. The molecule has 6 heteroatoms. The van der Waals surface area contributed by atoms with Crippen LogP contribution in [0.2, 0.25) is 0 Å². The maximum Gasteiger partial charge on any atom is 0.314 e. The predicted octanol–water partition coefficient (Wildman–Crippen LogP) is 5.10. The Kier molecular flexibility index (Phi) is 4.00. The van der Waals surface area contributed by atoms with E-state index in [1.54, 1.807) is 12.5 Å². The first-order valence-electron chi connectivity index (χ1n) is 9.87. The van der Waals surface area contributed by atoms with Gasteiger partial charge in [-0.2, -0.15) is 0 Å². The number of carbonyl (C=O) groups is 2. The Labute approximate surface area is 171 Å². The predicted molar refractivity (Wildman–Crippen MR) is 110 cm³/mol. The summed E-state index contributed by atoms with van der Waals surface area (Å²) in [5, 5.41) is 20.3. The third-order valence-corrected chi connectivity index (χ3v) is 6.33. The first-order chi connectivity index (χ1) is 14.4. The molecule has 0 unspecified atom stereocenters. The smallest absolute Gasteiger partial charge is 0.314 e. The summed E-state index contributed by atoms with van der Waals surface area (Å²) in [6, 6.07) is 14.9. The molecule has 0 bridgehead atoms. The van der Waals surface area contributed by atoms with E-state index in [0.717, 1.165) is 58.7 Å². The monoisotopic (exact) mass is 404 g/mol. The third kappa shape index (κ3) is 2.87. The molecule has 6 nitrogen and oxygen atoms in total. The molecular weight excluding hydrogens is 384 g/mol. The van der Waals surface area contributed by atoms with E-state index in [0.29, 0.717) is 0 Å². The summed E-state index contributed by atoms with van der Waals surface area (Å²) < 4.78 is 10.4. The molecule has 2 aromatic heterocycles. The van der Waals surface area contributed by atoms with Crippen molar-refractivity contribution < 1.29 is 28.6 Å². The van der Waals surface area contributed by atoms with E-state index in [9.17, 15) is 9.59 Å². The Hall–Kier alpha value is -3.54. The van der Waals surface area contributed by atoms with Crippen molar-refractivity contribution in [3.63, 3.8) is 0 Å². The van der Waals surface area contributed by atoms with E-state index in [1.807, 2.05) is 48.5 Å². The zero-order valence-electron chi connectivity index (χ0n) is 16.1. The Balaban J connectivity index is 0.000000128. The van der Waals surface area contributed by atoms with Gasteiger partial charge in [-0.25, -0.2) is 0 Å². The van der Waals surface area contributed by atoms with Crippen molar-refractivity contribution in [3.8, 4) is 0 Å². The molecule has 0 radical (unpaired) electrons. The number of hydrogen-bond donors (Lipinski definition) is 2. The number of benzene rings is 2. The minimum absolute atomic E-state index is 0.620. The second kappa shape index (κ2) is 6.49. The summed E-state index contributed by atoms with van der Waals surface area (Å²) >= 11 is 0. The highest BCUT2D eigenvalue weighted by molar-refractivity contribution is 5.88. The van der Waals surface area contributed by atoms with Gasteiger partial charge in [0.15, 0.2) is 0 Å². The molecule has 0 amide bonds. The molecule has 4 aromatic rings. The lowest BCUT2D eigenvalue weighted by atomic mass is 9.95. The summed E-state index contributed by atoms with van der Waals surface area (Å²) in [6.07, 6.45) is 6.21. The first-order valence-corrected chi connectivity index (χ1v) is 9.87. The van der Waals surface area contributed by atoms with E-state index in [-0.39, 0.29) is 0 Å². The lowest BCUT2D eigenvalue weighted by Gasteiger charge is -2.09. The van der Waals surface area contributed by atoms with Gasteiger partial charge in [-0.15, -0.1) is 0 Å². The summed E-state index contributed by atoms with van der Waals surface area (Å²) in [5.74, 6) is -1.43. The maximum atomic E-state index is 11.1. The highest BCUT2D eigenvalue weighted by Crippen LogP contribution is 2.49. The first kappa shape index (κ1) is 18.5. The topological polar surface area (TPSA) is 101 Å². The van der Waals surface area contributed by atoms with Crippen molar-refractivity contribution >= 4 is 33.9 Å². The second-order valence-corrected chi connectivity index (χ2v) is 8.12. The summed E-state index contributed by atoms with van der Waals surface area (Å²) in [6.45, 7) is 0. The van der Waals surface area contributed by atoms with Crippen LogP contribution in [0.15, 0.2) is 69.9 Å². The Morgan fingerprint density at radius 1 is 0.667 bits per heavy atom. The van der Waals surface area contributed by atoms with Crippen LogP contribution < -0.4 is 0 Å². The van der Waals surface area contributed by atoms with Crippen LogP contribution in [0.5, 0.6) is 0 Å². The molecule has 0 saturated heterocycles. The molecule has 2 aliphatic carbocycles. The molecule has 2 N–H and O–H groups in total. The van der Waals surface area contributed by atoms with Crippen LogP contribution in [0, 0.1) is 0 Å². The molecule has 2 fully saturated rings. The standard InChI is InChI=1S/2C12H10O3/c2*13-11(14)12(4-5-12)9-1-2-10-8(7-9)3-6-15-10/h2*1-3,6-7H,4-5H2,(H,13,14). The number of aliphatic carboxylic acids is 2. The quantitative estimate of drug-likeness (QED) is 0.491. The minimum Gasteiger partial charge on any atom is -0.481 e. The SMILES string of the molecule is O=C(O)C1(c2ccc3occc3c2)CC1.O=C(O)C1(c2ccc3occc3c2)CC1. The van der Waals surface area contributed by atoms with Gasteiger partial charge in [0.05, 0.1) is 23.4 Å². The molecule has 2 aromatic carbocycles. The fourth-order valence-corrected chi connectivity index (χ4v) is 4.03. The highest BCUT2D eigenvalue weighted by atomic mass is 16.4. The number of rotatable bonds is 4. The summed E-state index contributed by atoms with van der Waals surface area (Å²) in [5.41, 5.74) is 2.16. The minimum atomic E-state index is -0.717. The second-order valence-electron chi connectivity index (χ2n) is 8.12. The van der Waals surface area contributed by atoms with Gasteiger partial charge in [-0.05, 0) is 73.2 Å². The van der Waals surface area contributed by atoms with Gasteiger partial charge < -0.3 is 19.0 Å². The Bertz CT molecular complexity index is 1170. The largest absolute Gasteiger partial charge is 0.481 e. The van der Waals surface area contributed by atoms with E-state index in [4.69, 9.17) is 19.0 Å². The highest BCUT2D eigenvalue weighted by Gasteiger charge is 2.52. The zero-order valence-corrected chi connectivity index (χ0v) is 16.1. The molecule has 0 aliphatic heterocycles. The third-order valence-electron chi connectivity index (χ3n) is 6.33. The van der Waals surface area contributed by atoms with Gasteiger partial charge in [0, 0.05) is 10.8 Å². The molecular formula is C24H20O6. The number of carboxylic acids is 2. The van der Waals surface area contributed by atoms with Crippen LogP contribution in [-0.4, -0.2) is 22.2 Å². The number of hydrogen-bond acceptors (Lipinski definition) is 4. The van der Waals surface area contributed by atoms with Crippen molar-refractivity contribution in [2.75, 3.05) is 0 Å². The van der Waals surface area contributed by atoms with Crippen molar-refractivity contribution in [3.05, 3.63) is 72.2 Å². The van der Waals surface area contributed by atoms with Crippen LogP contribution in [0.1, 0.15) is 36.8 Å². The van der Waals surface area contributed by atoms with Crippen LogP contribution in [0.3, 0.4) is 0 Å². The molecule has 0 spiro atoms. The van der Waals surface area contributed by atoms with E-state index in [2.05, 4.69) is 0 Å². The zero-order chi connectivity index (χ0) is 20.9. The maximum absolute atomic E-state index is 11.1. The molecule has 152 valence electrons. The molecule has 0 atom stereocenters. The Morgan fingerprint density at radius 2 is 1.07 bits per heavy atom. The summed E-state index contributed by atoms with van der Waals surface area (Å²) in [7, 11) is 0. The van der Waals surface area contributed by atoms with E-state index < -0.39 is 22.8 Å². The molecule has 30 heavy (non-hydrogen) atoms. The average Bonchev–Trinajstić information content (AvgIpc) is 3.63. The molecule has 6 rings (SSSR count). The van der Waals surface area contributed by atoms with Crippen molar-refractivity contribution in [1.29, 1.82) is 0 Å². The van der Waals surface area contributed by atoms with E-state index >= 15 is 0 Å². The lowest BCUT2D eigenvalue weighted by molar-refractivity contribution is -0.141. The number of fused-ring (bicyclic) bond motifs is 2. The van der Waals surface area contributed by atoms with Crippen LogP contribution in [0.25, 0.3) is 21.9 Å². The molecule has 2 saturated carbocycles. The van der Waals surface area contributed by atoms with Crippen molar-refractivity contribution in [2.24, 2.45) is 0 Å². The van der Waals surface area contributed by atoms with Gasteiger partial charge in [0.1, 0.15) is 11.2 Å². The number of carboxylic acid groups (broad SMARTS) is 2. The lowest BCUT2D eigenvalue weighted by Crippen LogP contribution is -2.19.